The van der Waals surface area contributed by atoms with Gasteiger partial charge in [0, 0.05) is 0 Å². The van der Waals surface area contributed by atoms with E-state index < -0.39 is 12.1 Å². The minimum atomic E-state index is -0.582. The van der Waals surface area contributed by atoms with Gasteiger partial charge in [0.1, 0.15) is 0 Å². The monoisotopic (exact) mass is 429 g/mol. The topological polar surface area (TPSA) is 132 Å². The summed E-state index contributed by atoms with van der Waals surface area (Å²) in [5.41, 5.74) is 20.6. The average Bonchev–Trinajstić information content (AvgIpc) is 2.81. The van der Waals surface area contributed by atoms with Gasteiger partial charge in [0.25, 0.3) is 0 Å². The van der Waals surface area contributed by atoms with E-state index in [2.05, 4.69) is 15.6 Å². The zero-order chi connectivity index (χ0) is 22.9. The van der Waals surface area contributed by atoms with Crippen molar-refractivity contribution in [3.8, 4) is 0 Å². The predicted octanol–water partition coefficient (Wildman–Crippen LogP) is 1.07. The molecule has 1 radical (unpaired) electrons. The van der Waals surface area contributed by atoms with Crippen molar-refractivity contribution in [1.29, 1.82) is 0 Å². The van der Waals surface area contributed by atoms with Gasteiger partial charge in [0.2, 0.25) is 0 Å². The van der Waals surface area contributed by atoms with Crippen LogP contribution in [-0.2, 0) is 11.2 Å². The second kappa shape index (κ2) is 11.5. The maximum absolute atomic E-state index is 13.2. The van der Waals surface area contributed by atoms with Gasteiger partial charge in [0.15, 0.2) is 0 Å². The number of nitrogens with zero attached hydrogens (tertiary/aromatic N) is 1. The van der Waals surface area contributed by atoms with Crippen molar-refractivity contribution in [2.75, 3.05) is 11.9 Å². The summed E-state index contributed by atoms with van der Waals surface area (Å²) in [6.07, 6.45) is 3.31. The molecule has 1 heterocycles. The van der Waals surface area contributed by atoms with Gasteiger partial charge >= 0.3 is 190 Å². The summed E-state index contributed by atoms with van der Waals surface area (Å²) in [7, 11) is 6.19. The molecule has 0 saturated heterocycles. The Hall–Kier alpha value is -3.07. The molecule has 0 aliphatic heterocycles. The molecule has 32 heavy (non-hydrogen) atoms. The van der Waals surface area contributed by atoms with Crippen molar-refractivity contribution in [1.82, 2.24) is 10.3 Å². The van der Waals surface area contributed by atoms with Crippen LogP contribution >= 0.6 is 0 Å². The average molecular weight is 429 g/mol. The minimum absolute atomic E-state index is 0.212. The third kappa shape index (κ3) is 6.72. The van der Waals surface area contributed by atoms with Crippen molar-refractivity contribution in [3.05, 3.63) is 72.4 Å². The zero-order valence-corrected chi connectivity index (χ0v) is 18.1. The van der Waals surface area contributed by atoms with Gasteiger partial charge in [-0.1, -0.05) is 0 Å². The molecule has 0 bridgehead atoms. The first-order chi connectivity index (χ1) is 15.5. The first-order valence-electron chi connectivity index (χ1n) is 10.8. The number of carbonyl (C=O) groups excluding carboxylic acids is 1. The molecule has 1 amide bonds. The van der Waals surface area contributed by atoms with Crippen LogP contribution in [0.3, 0.4) is 0 Å². The van der Waals surface area contributed by atoms with Crippen molar-refractivity contribution in [2.45, 2.75) is 37.4 Å². The van der Waals surface area contributed by atoms with Crippen LogP contribution in [0.1, 0.15) is 18.4 Å². The number of hydrogen-bond donors (Lipinski definition) is 5. The Labute approximate surface area is 189 Å². The number of para-hydroxylation sites is 1. The van der Waals surface area contributed by atoms with Crippen molar-refractivity contribution in [2.24, 2.45) is 17.2 Å². The maximum atomic E-state index is 13.2. The Bertz CT molecular complexity index is 1040. The molecule has 0 aliphatic carbocycles. The summed E-state index contributed by atoms with van der Waals surface area (Å²) in [4.78, 5) is 17.6. The summed E-state index contributed by atoms with van der Waals surface area (Å²) in [5.74, 6) is -0.212. The number of nitrogens with one attached hydrogen (secondary N) is 2. The van der Waals surface area contributed by atoms with Crippen LogP contribution in [0.4, 0.5) is 5.69 Å². The van der Waals surface area contributed by atoms with E-state index in [1.807, 2.05) is 60.7 Å². The van der Waals surface area contributed by atoms with Gasteiger partial charge in [-0.05, 0) is 0 Å². The number of pyridine rings is 1. The van der Waals surface area contributed by atoms with Crippen molar-refractivity contribution >= 4 is 35.6 Å². The summed E-state index contributed by atoms with van der Waals surface area (Å²) in [6, 6.07) is 18.3. The van der Waals surface area contributed by atoms with Crippen molar-refractivity contribution < 1.29 is 4.79 Å². The molecule has 1 aromatic heterocycles. The van der Waals surface area contributed by atoms with Crippen LogP contribution in [0.2, 0.25) is 0 Å². The van der Waals surface area contributed by atoms with Crippen LogP contribution < -0.4 is 27.8 Å². The molecule has 0 fully saturated rings. The Kier molecular flexibility index (Phi) is 8.50. The molecule has 3 aromatic rings. The van der Waals surface area contributed by atoms with Gasteiger partial charge < -0.3 is 0 Å². The van der Waals surface area contributed by atoms with Gasteiger partial charge in [-0.2, -0.15) is 0 Å². The van der Waals surface area contributed by atoms with Crippen LogP contribution in [0.25, 0.3) is 10.9 Å². The number of hydrogen-bond acceptors (Lipinski definition) is 6. The second-order valence-electron chi connectivity index (χ2n) is 7.92. The number of aromatic nitrogens is 1. The second-order valence-corrected chi connectivity index (χ2v) is 7.92. The van der Waals surface area contributed by atoms with Crippen LogP contribution in [-0.4, -0.2) is 48.6 Å². The Morgan fingerprint density at radius 1 is 1.06 bits per heavy atom. The molecule has 3 rings (SSSR count). The van der Waals surface area contributed by atoms with Gasteiger partial charge in [-0.25, -0.2) is 0 Å². The Morgan fingerprint density at radius 3 is 2.53 bits per heavy atom. The van der Waals surface area contributed by atoms with E-state index >= 15 is 0 Å². The number of fused-ring (bicyclic) bond motifs is 1. The third-order valence-electron chi connectivity index (χ3n) is 5.34. The standard InChI is InChI=1S/C24H30BN6O/c25-23(20(28)13-18(27)14-26)31-22(11-10-16-6-2-1-3-7-16)24(32)30-19-12-17-8-4-5-9-21(17)29-15-19/h1-9,12,15,18,20,22,31H,10-11,13-14,26-28H2,(H,30,32)/t18?,20-,22+/m0/s1. The van der Waals surface area contributed by atoms with E-state index in [1.54, 1.807) is 6.20 Å². The number of aryl methyl sites for hydroxylation is 1. The number of anilines is 1. The van der Waals surface area contributed by atoms with E-state index in [0.29, 0.717) is 37.1 Å². The molecule has 0 aliphatic rings. The zero-order valence-electron chi connectivity index (χ0n) is 18.1. The fraction of sp³-hybridized carbons (Fsp3) is 0.292. The molecule has 0 saturated carbocycles. The Balaban J connectivity index is 1.71. The first-order valence-corrected chi connectivity index (χ1v) is 10.8. The number of benzene rings is 2. The molecule has 1 unspecified atom stereocenters. The molecule has 7 nitrogen and oxygen atoms in total. The van der Waals surface area contributed by atoms with E-state index in [9.17, 15) is 4.79 Å². The molecule has 3 atom stereocenters. The number of amides is 1. The summed E-state index contributed by atoms with van der Waals surface area (Å²) in [6.45, 7) is 0.313. The number of rotatable bonds is 11. The van der Waals surface area contributed by atoms with E-state index in [-0.39, 0.29) is 11.9 Å². The SMILES string of the molecule is [B]=C(N[C@H](CCc1ccccc1)C(=O)Nc1cnc2ccccc2c1)[C@@H](N)CC(N)CN. The van der Waals surface area contributed by atoms with E-state index in [0.717, 1.165) is 16.5 Å². The Morgan fingerprint density at radius 2 is 1.78 bits per heavy atom. The van der Waals surface area contributed by atoms with Crippen LogP contribution in [0, 0.1) is 0 Å². The van der Waals surface area contributed by atoms with E-state index in [4.69, 9.17) is 24.7 Å². The summed E-state index contributed by atoms with van der Waals surface area (Å²) < 4.78 is 0. The van der Waals surface area contributed by atoms with E-state index in [1.165, 1.54) is 0 Å². The van der Waals surface area contributed by atoms with Gasteiger partial charge in [0.05, 0.1) is 0 Å². The molecule has 165 valence electrons. The van der Waals surface area contributed by atoms with Crippen LogP contribution in [0.5, 0.6) is 0 Å². The first kappa shape index (κ1) is 23.6. The molecular formula is C24H30BN6O. The number of carbonyl (C=O) groups is 1. The molecular weight excluding hydrogens is 399 g/mol. The van der Waals surface area contributed by atoms with Gasteiger partial charge in [-0.15, -0.1) is 0 Å². The number of nitrogens with two attached hydrogens (primary N) is 3. The normalized spacial score (nSPS) is 13.8. The van der Waals surface area contributed by atoms with Crippen molar-refractivity contribution in [3.63, 3.8) is 0 Å². The summed E-state index contributed by atoms with van der Waals surface area (Å²) in [5, 5.41) is 7.01. The van der Waals surface area contributed by atoms with Crippen LogP contribution in [0.15, 0.2) is 66.9 Å². The fourth-order valence-electron chi connectivity index (χ4n) is 3.45. The molecule has 8 heteroatoms. The molecule has 0 spiro atoms. The predicted molar refractivity (Wildman–Crippen MR) is 132 cm³/mol. The van der Waals surface area contributed by atoms with Gasteiger partial charge in [-0.3, -0.25) is 0 Å². The fourth-order valence-corrected chi connectivity index (χ4v) is 3.45. The third-order valence-corrected chi connectivity index (χ3v) is 5.34. The quantitative estimate of drug-likeness (QED) is 0.290. The molecule has 2 aromatic carbocycles. The summed E-state index contributed by atoms with van der Waals surface area (Å²) >= 11 is 0. The molecule has 8 N–H and O–H groups in total.